The highest BCUT2D eigenvalue weighted by atomic mass is 16.5. The van der Waals surface area contributed by atoms with Gasteiger partial charge in [-0.3, -0.25) is 4.79 Å². The van der Waals surface area contributed by atoms with Crippen molar-refractivity contribution in [1.82, 2.24) is 10.6 Å². The topological polar surface area (TPSA) is 59.6 Å². The largest absolute Gasteiger partial charge is 0.497 e. The molecule has 1 aromatic rings. The molecule has 0 aromatic heterocycles. The molecule has 1 rings (SSSR count). The number of benzene rings is 1. The second-order valence-corrected chi connectivity index (χ2v) is 4.50. The summed E-state index contributed by atoms with van der Waals surface area (Å²) in [4.78, 5) is 11.4. The van der Waals surface area contributed by atoms with Gasteiger partial charge in [0, 0.05) is 32.1 Å². The molecule has 0 unspecified atom stereocenters. The summed E-state index contributed by atoms with van der Waals surface area (Å²) in [5.74, 6) is 1.62. The maximum Gasteiger partial charge on any atom is 0.221 e. The van der Waals surface area contributed by atoms with Crippen LogP contribution in [0.3, 0.4) is 0 Å². The van der Waals surface area contributed by atoms with Gasteiger partial charge in [-0.25, -0.2) is 0 Å². The second kappa shape index (κ2) is 9.20. The number of carbonyl (C=O) groups is 1. The maximum atomic E-state index is 11.4. The Bertz CT molecular complexity index is 399. The summed E-state index contributed by atoms with van der Waals surface area (Å²) in [6.07, 6.45) is 1.45. The van der Waals surface area contributed by atoms with Gasteiger partial charge in [-0.05, 0) is 24.1 Å². The van der Waals surface area contributed by atoms with Crippen molar-refractivity contribution in [2.24, 2.45) is 0 Å². The molecule has 1 aromatic carbocycles. The van der Waals surface area contributed by atoms with Gasteiger partial charge in [0.25, 0.3) is 0 Å². The number of nitrogens with one attached hydrogen (secondary N) is 2. The smallest absolute Gasteiger partial charge is 0.221 e. The zero-order valence-corrected chi connectivity index (χ0v) is 12.5. The molecule has 5 nitrogen and oxygen atoms in total. The molecule has 0 radical (unpaired) electrons. The van der Waals surface area contributed by atoms with E-state index < -0.39 is 0 Å². The van der Waals surface area contributed by atoms with Crippen molar-refractivity contribution in [1.29, 1.82) is 0 Å². The average molecular weight is 280 g/mol. The number of hydrogen-bond donors (Lipinski definition) is 2. The first-order chi connectivity index (χ1) is 9.69. The Kier molecular flexibility index (Phi) is 7.50. The number of hydrogen-bond acceptors (Lipinski definition) is 4. The fraction of sp³-hybridized carbons (Fsp3) is 0.533. The van der Waals surface area contributed by atoms with E-state index in [1.54, 1.807) is 14.2 Å². The fourth-order valence-corrected chi connectivity index (χ4v) is 1.76. The highest BCUT2D eigenvalue weighted by Crippen LogP contribution is 2.22. The van der Waals surface area contributed by atoms with Crippen LogP contribution in [0.25, 0.3) is 0 Å². The van der Waals surface area contributed by atoms with Gasteiger partial charge in [0.2, 0.25) is 5.91 Å². The molecule has 0 saturated carbocycles. The lowest BCUT2D eigenvalue weighted by Gasteiger charge is -2.09. The van der Waals surface area contributed by atoms with Gasteiger partial charge in [-0.2, -0.15) is 0 Å². The van der Waals surface area contributed by atoms with Crippen LogP contribution in [0.1, 0.15) is 25.3 Å². The molecule has 0 fully saturated rings. The zero-order chi connectivity index (χ0) is 14.8. The number of rotatable bonds is 9. The fourth-order valence-electron chi connectivity index (χ4n) is 1.76. The maximum absolute atomic E-state index is 11.4. The monoisotopic (exact) mass is 280 g/mol. The Labute approximate surface area is 120 Å². The molecule has 0 saturated heterocycles. The summed E-state index contributed by atoms with van der Waals surface area (Å²) < 4.78 is 10.4. The highest BCUT2D eigenvalue weighted by molar-refractivity contribution is 5.75. The van der Waals surface area contributed by atoms with Crippen molar-refractivity contribution in [3.63, 3.8) is 0 Å². The van der Waals surface area contributed by atoms with Crippen LogP contribution >= 0.6 is 0 Å². The van der Waals surface area contributed by atoms with E-state index in [1.807, 2.05) is 25.1 Å². The minimum Gasteiger partial charge on any atom is -0.497 e. The van der Waals surface area contributed by atoms with Crippen molar-refractivity contribution in [3.05, 3.63) is 23.8 Å². The normalized spacial score (nSPS) is 10.2. The number of carbonyl (C=O) groups excluding carboxylic acids is 1. The lowest BCUT2D eigenvalue weighted by Crippen LogP contribution is -2.28. The molecule has 0 aliphatic carbocycles. The van der Waals surface area contributed by atoms with Crippen molar-refractivity contribution in [3.8, 4) is 11.5 Å². The summed E-state index contributed by atoms with van der Waals surface area (Å²) in [6, 6.07) is 5.74. The minimum atomic E-state index is 0.0857. The summed E-state index contributed by atoms with van der Waals surface area (Å²) in [5.41, 5.74) is 1.06. The van der Waals surface area contributed by atoms with E-state index in [1.165, 1.54) is 0 Å². The van der Waals surface area contributed by atoms with E-state index in [9.17, 15) is 4.79 Å². The van der Waals surface area contributed by atoms with Crippen LogP contribution in [-0.4, -0.2) is 33.2 Å². The first-order valence-electron chi connectivity index (χ1n) is 6.89. The summed E-state index contributed by atoms with van der Waals surface area (Å²) in [6.45, 7) is 4.10. The first kappa shape index (κ1) is 16.3. The molecule has 20 heavy (non-hydrogen) atoms. The predicted molar refractivity (Wildman–Crippen MR) is 79.2 cm³/mol. The van der Waals surface area contributed by atoms with Crippen molar-refractivity contribution in [2.75, 3.05) is 27.3 Å². The summed E-state index contributed by atoms with van der Waals surface area (Å²) in [7, 11) is 3.26. The van der Waals surface area contributed by atoms with Crippen LogP contribution in [0.5, 0.6) is 11.5 Å². The number of ether oxygens (including phenoxy) is 2. The average Bonchev–Trinajstić information content (AvgIpc) is 2.49. The van der Waals surface area contributed by atoms with Gasteiger partial charge in [0.05, 0.1) is 14.2 Å². The van der Waals surface area contributed by atoms with Gasteiger partial charge < -0.3 is 20.1 Å². The van der Waals surface area contributed by atoms with Crippen molar-refractivity contribution >= 4 is 5.91 Å². The molecule has 0 aliphatic heterocycles. The van der Waals surface area contributed by atoms with Gasteiger partial charge in [-0.15, -0.1) is 0 Å². The van der Waals surface area contributed by atoms with Gasteiger partial charge >= 0.3 is 0 Å². The van der Waals surface area contributed by atoms with Crippen LogP contribution in [0.4, 0.5) is 0 Å². The third-order valence-corrected chi connectivity index (χ3v) is 2.84. The third-order valence-electron chi connectivity index (χ3n) is 2.84. The van der Waals surface area contributed by atoms with Gasteiger partial charge in [-0.1, -0.05) is 6.92 Å². The first-order valence-corrected chi connectivity index (χ1v) is 6.89. The molecule has 2 N–H and O–H groups in total. The molecular formula is C15H24N2O3. The SMILES string of the molecule is CCCNC(=O)CCNCc1cc(OC)cc(OC)c1. The molecule has 112 valence electrons. The van der Waals surface area contributed by atoms with Crippen molar-refractivity contribution < 1.29 is 14.3 Å². The van der Waals surface area contributed by atoms with E-state index in [0.717, 1.165) is 30.0 Å². The minimum absolute atomic E-state index is 0.0857. The Morgan fingerprint density at radius 2 is 1.75 bits per heavy atom. The molecule has 1 amide bonds. The van der Waals surface area contributed by atoms with Gasteiger partial charge in [0.15, 0.2) is 0 Å². The quantitative estimate of drug-likeness (QED) is 0.676. The Morgan fingerprint density at radius 1 is 1.10 bits per heavy atom. The molecular weight excluding hydrogens is 256 g/mol. The molecule has 0 bridgehead atoms. The number of methoxy groups -OCH3 is 2. The molecule has 5 heteroatoms. The van der Waals surface area contributed by atoms with E-state index in [4.69, 9.17) is 9.47 Å². The van der Waals surface area contributed by atoms with Crippen LogP contribution in [0.15, 0.2) is 18.2 Å². The molecule has 0 heterocycles. The third kappa shape index (κ3) is 5.93. The van der Waals surface area contributed by atoms with Crippen molar-refractivity contribution in [2.45, 2.75) is 26.3 Å². The van der Waals surface area contributed by atoms with E-state index >= 15 is 0 Å². The predicted octanol–water partition coefficient (Wildman–Crippen LogP) is 1.71. The zero-order valence-electron chi connectivity index (χ0n) is 12.5. The van der Waals surface area contributed by atoms with Crippen LogP contribution in [-0.2, 0) is 11.3 Å². The van der Waals surface area contributed by atoms with Gasteiger partial charge in [0.1, 0.15) is 11.5 Å². The molecule has 0 spiro atoms. The van der Waals surface area contributed by atoms with Crippen LogP contribution in [0, 0.1) is 0 Å². The highest BCUT2D eigenvalue weighted by Gasteiger charge is 2.03. The van der Waals surface area contributed by atoms with Crippen LogP contribution < -0.4 is 20.1 Å². The van der Waals surface area contributed by atoms with E-state index in [0.29, 0.717) is 19.5 Å². The molecule has 0 atom stereocenters. The lowest BCUT2D eigenvalue weighted by atomic mass is 10.2. The van der Waals surface area contributed by atoms with E-state index in [2.05, 4.69) is 10.6 Å². The van der Waals surface area contributed by atoms with Crippen LogP contribution in [0.2, 0.25) is 0 Å². The van der Waals surface area contributed by atoms with E-state index in [-0.39, 0.29) is 5.91 Å². The Balaban J connectivity index is 2.36. The summed E-state index contributed by atoms with van der Waals surface area (Å²) >= 11 is 0. The Hall–Kier alpha value is -1.75. The Morgan fingerprint density at radius 3 is 2.30 bits per heavy atom. The molecule has 0 aliphatic rings. The lowest BCUT2D eigenvalue weighted by molar-refractivity contribution is -0.120. The summed E-state index contributed by atoms with van der Waals surface area (Å²) in [5, 5.41) is 6.09. The second-order valence-electron chi connectivity index (χ2n) is 4.50. The standard InChI is InChI=1S/C15H24N2O3/c1-4-6-17-15(18)5-7-16-11-12-8-13(19-2)10-14(9-12)20-3/h8-10,16H,4-7,11H2,1-3H3,(H,17,18). The number of amides is 1.